The number of esters is 1. The Bertz CT molecular complexity index is 263. The van der Waals surface area contributed by atoms with Gasteiger partial charge >= 0.3 is 5.97 Å². The summed E-state index contributed by atoms with van der Waals surface area (Å²) in [4.78, 5) is 11.5. The average molecular weight is 227 g/mol. The molecule has 0 heterocycles. The van der Waals surface area contributed by atoms with E-state index in [-0.39, 0.29) is 5.97 Å². The lowest BCUT2D eigenvalue weighted by atomic mass is 10.0. The summed E-state index contributed by atoms with van der Waals surface area (Å²) < 4.78 is 10.3. The third-order valence-corrected chi connectivity index (χ3v) is 2.32. The first-order chi connectivity index (χ1) is 7.46. The van der Waals surface area contributed by atoms with Crippen LogP contribution in [0.2, 0.25) is 0 Å². The molecule has 0 spiro atoms. The van der Waals surface area contributed by atoms with E-state index >= 15 is 0 Å². The molecule has 0 saturated heterocycles. The highest BCUT2D eigenvalue weighted by molar-refractivity contribution is 5.77. The summed E-state index contributed by atoms with van der Waals surface area (Å²) in [5.41, 5.74) is -0.344. The van der Waals surface area contributed by atoms with Crippen LogP contribution in [0.3, 0.4) is 0 Å². The zero-order chi connectivity index (χ0) is 12.6. The number of carbonyl (C=O) groups is 1. The Balaban J connectivity index is 4.02. The molecule has 0 saturated carbocycles. The molecule has 0 bridgehead atoms. The van der Waals surface area contributed by atoms with E-state index in [0.717, 1.165) is 6.21 Å². The lowest BCUT2D eigenvalue weighted by molar-refractivity contribution is -0.150. The Kier molecular flexibility index (Phi) is 6.65. The van der Waals surface area contributed by atoms with E-state index < -0.39 is 5.60 Å². The third kappa shape index (κ3) is 5.07. The van der Waals surface area contributed by atoms with Crippen LogP contribution in [0, 0.1) is 5.41 Å². The fraction of sp³-hybridized carbons (Fsp3) is 0.667. The van der Waals surface area contributed by atoms with Crippen LogP contribution in [0.15, 0.2) is 12.2 Å². The van der Waals surface area contributed by atoms with Gasteiger partial charge in [-0.05, 0) is 32.8 Å². The van der Waals surface area contributed by atoms with E-state index in [0.29, 0.717) is 31.6 Å². The molecule has 0 aliphatic rings. The fourth-order valence-corrected chi connectivity index (χ4v) is 0.990. The molecule has 1 unspecified atom stereocenters. The second-order valence-corrected chi connectivity index (χ2v) is 3.81. The summed E-state index contributed by atoms with van der Waals surface area (Å²) in [6.07, 6.45) is 2.03. The standard InChI is InChI=1S/C12H21NO3/c1-5-15-8-6-7-11(14)16-12(4,9-13)10(2)3/h9,13H,2,5-8H2,1,3-4H3. The van der Waals surface area contributed by atoms with Crippen molar-refractivity contribution in [2.45, 2.75) is 39.2 Å². The molecule has 0 aromatic heterocycles. The predicted molar refractivity (Wildman–Crippen MR) is 63.8 cm³/mol. The summed E-state index contributed by atoms with van der Waals surface area (Å²) in [5.74, 6) is -0.325. The zero-order valence-corrected chi connectivity index (χ0v) is 10.3. The molecule has 0 aromatic rings. The van der Waals surface area contributed by atoms with Crippen LogP contribution in [0.1, 0.15) is 33.6 Å². The van der Waals surface area contributed by atoms with E-state index in [4.69, 9.17) is 14.9 Å². The summed E-state index contributed by atoms with van der Waals surface area (Å²) >= 11 is 0. The summed E-state index contributed by atoms with van der Waals surface area (Å²) in [5, 5.41) is 7.24. The minimum absolute atomic E-state index is 0.302. The largest absolute Gasteiger partial charge is 0.449 e. The van der Waals surface area contributed by atoms with Gasteiger partial charge in [-0.1, -0.05) is 6.58 Å². The van der Waals surface area contributed by atoms with Gasteiger partial charge in [0.2, 0.25) is 0 Å². The smallest absolute Gasteiger partial charge is 0.307 e. The van der Waals surface area contributed by atoms with Crippen molar-refractivity contribution in [1.29, 1.82) is 5.41 Å². The van der Waals surface area contributed by atoms with E-state index in [1.165, 1.54) is 0 Å². The van der Waals surface area contributed by atoms with Crippen molar-refractivity contribution in [2.24, 2.45) is 0 Å². The second kappa shape index (κ2) is 7.17. The first-order valence-corrected chi connectivity index (χ1v) is 5.43. The van der Waals surface area contributed by atoms with Crippen LogP contribution in [-0.2, 0) is 14.3 Å². The first kappa shape index (κ1) is 14.8. The summed E-state index contributed by atoms with van der Waals surface area (Å²) in [7, 11) is 0. The molecular formula is C12H21NO3. The molecule has 0 aromatic carbocycles. The minimum Gasteiger partial charge on any atom is -0.449 e. The van der Waals surface area contributed by atoms with Gasteiger partial charge in [-0.25, -0.2) is 0 Å². The maximum absolute atomic E-state index is 11.5. The molecule has 16 heavy (non-hydrogen) atoms. The van der Waals surface area contributed by atoms with Gasteiger partial charge in [0.15, 0.2) is 5.60 Å². The lowest BCUT2D eigenvalue weighted by Gasteiger charge is -2.25. The molecule has 92 valence electrons. The maximum atomic E-state index is 11.5. The van der Waals surface area contributed by atoms with Gasteiger partial charge in [-0.15, -0.1) is 0 Å². The van der Waals surface area contributed by atoms with Gasteiger partial charge < -0.3 is 14.9 Å². The van der Waals surface area contributed by atoms with Crippen LogP contribution in [0.4, 0.5) is 0 Å². The monoisotopic (exact) mass is 227 g/mol. The molecule has 0 radical (unpaired) electrons. The number of carbonyl (C=O) groups excluding carboxylic acids is 1. The number of rotatable bonds is 8. The number of nitrogens with one attached hydrogen (secondary N) is 1. The first-order valence-electron chi connectivity index (χ1n) is 5.43. The average Bonchev–Trinajstić information content (AvgIpc) is 2.24. The molecule has 1 atom stereocenters. The quantitative estimate of drug-likeness (QED) is 0.299. The summed E-state index contributed by atoms with van der Waals surface area (Å²) in [6.45, 7) is 10.2. The SMILES string of the molecule is C=C(C)C(C)(C=N)OC(=O)CCCOCC. The lowest BCUT2D eigenvalue weighted by Crippen LogP contribution is -2.34. The van der Waals surface area contributed by atoms with E-state index in [2.05, 4.69) is 6.58 Å². The Morgan fingerprint density at radius 2 is 2.19 bits per heavy atom. The Hall–Kier alpha value is -1.16. The topological polar surface area (TPSA) is 59.4 Å². The van der Waals surface area contributed by atoms with E-state index in [9.17, 15) is 4.79 Å². The highest BCUT2D eigenvalue weighted by Gasteiger charge is 2.26. The molecule has 0 amide bonds. The van der Waals surface area contributed by atoms with Crippen molar-refractivity contribution in [3.63, 3.8) is 0 Å². The maximum Gasteiger partial charge on any atom is 0.307 e. The van der Waals surface area contributed by atoms with Crippen molar-refractivity contribution < 1.29 is 14.3 Å². The number of hydrogen-bond donors (Lipinski definition) is 1. The molecule has 4 nitrogen and oxygen atoms in total. The Labute approximate surface area is 97.1 Å². The Morgan fingerprint density at radius 1 is 1.56 bits per heavy atom. The molecule has 0 rings (SSSR count). The molecule has 0 aliphatic heterocycles. The third-order valence-electron chi connectivity index (χ3n) is 2.32. The second-order valence-electron chi connectivity index (χ2n) is 3.81. The van der Waals surface area contributed by atoms with Crippen molar-refractivity contribution >= 4 is 12.2 Å². The van der Waals surface area contributed by atoms with Crippen LogP contribution in [-0.4, -0.2) is 31.0 Å². The highest BCUT2D eigenvalue weighted by Crippen LogP contribution is 2.18. The summed E-state index contributed by atoms with van der Waals surface area (Å²) in [6, 6.07) is 0. The van der Waals surface area contributed by atoms with Crippen LogP contribution < -0.4 is 0 Å². The van der Waals surface area contributed by atoms with Gasteiger partial charge in [0.25, 0.3) is 0 Å². The van der Waals surface area contributed by atoms with E-state index in [1.54, 1.807) is 13.8 Å². The van der Waals surface area contributed by atoms with Gasteiger partial charge in [0.1, 0.15) is 0 Å². The molecule has 1 N–H and O–H groups in total. The number of ether oxygens (including phenoxy) is 2. The van der Waals surface area contributed by atoms with Crippen LogP contribution in [0.25, 0.3) is 0 Å². The normalized spacial score (nSPS) is 13.9. The molecule has 0 fully saturated rings. The van der Waals surface area contributed by atoms with Crippen molar-refractivity contribution in [1.82, 2.24) is 0 Å². The Morgan fingerprint density at radius 3 is 2.62 bits per heavy atom. The fourth-order valence-electron chi connectivity index (χ4n) is 0.990. The number of hydrogen-bond acceptors (Lipinski definition) is 4. The van der Waals surface area contributed by atoms with Gasteiger partial charge in [-0.2, -0.15) is 0 Å². The van der Waals surface area contributed by atoms with Crippen LogP contribution >= 0.6 is 0 Å². The minimum atomic E-state index is -0.983. The molecular weight excluding hydrogens is 206 g/mol. The molecule has 4 heteroatoms. The van der Waals surface area contributed by atoms with E-state index in [1.807, 2.05) is 6.92 Å². The van der Waals surface area contributed by atoms with Gasteiger partial charge in [0, 0.05) is 25.8 Å². The molecule has 0 aliphatic carbocycles. The van der Waals surface area contributed by atoms with Gasteiger partial charge in [-0.3, -0.25) is 4.79 Å². The predicted octanol–water partition coefficient (Wildman–Crippen LogP) is 2.33. The van der Waals surface area contributed by atoms with Gasteiger partial charge in [0.05, 0.1) is 0 Å². The zero-order valence-electron chi connectivity index (χ0n) is 10.3. The van der Waals surface area contributed by atoms with Crippen molar-refractivity contribution in [2.75, 3.05) is 13.2 Å². The van der Waals surface area contributed by atoms with Crippen LogP contribution in [0.5, 0.6) is 0 Å². The highest BCUT2D eigenvalue weighted by atomic mass is 16.6. The van der Waals surface area contributed by atoms with Crippen molar-refractivity contribution in [3.05, 3.63) is 12.2 Å². The van der Waals surface area contributed by atoms with Crippen molar-refractivity contribution in [3.8, 4) is 0 Å².